The molecule has 0 N–H and O–H groups in total. The van der Waals surface area contributed by atoms with Crippen LogP contribution in [0.15, 0.2) is 104 Å². The Morgan fingerprint density at radius 2 is 0.641 bits per heavy atom. The first-order chi connectivity index (χ1) is 18.7. The number of hydrogen-bond donors (Lipinski definition) is 0. The highest BCUT2D eigenvalue weighted by Crippen LogP contribution is 2.28. The molecule has 39 heavy (non-hydrogen) atoms. The molecule has 0 atom stereocenters. The third-order valence-corrected chi connectivity index (χ3v) is 6.60. The molecule has 0 bridgehead atoms. The Hall–Kier alpha value is -2.40. The molecule has 12 heteroatoms. The van der Waals surface area contributed by atoms with Crippen LogP contribution in [0.3, 0.4) is 0 Å². The lowest BCUT2D eigenvalue weighted by Crippen LogP contribution is -2.01. The predicted octanol–water partition coefficient (Wildman–Crippen LogP) is 11.2. The summed E-state index contributed by atoms with van der Waals surface area (Å²) < 4.78 is 20.3. The number of benzene rings is 4. The van der Waals surface area contributed by atoms with E-state index in [-0.39, 0.29) is 18.0 Å². The summed E-state index contributed by atoms with van der Waals surface area (Å²) in [5.41, 5.74) is 0. The molecule has 1 heterocycles. The second kappa shape index (κ2) is 14.3. The summed E-state index contributed by atoms with van der Waals surface area (Å²) in [4.78, 5) is 12.6. The molecule has 0 saturated carbocycles. The SMILES string of the molecule is Brc1cc(Br)cc(Br)c1.Clc1ccc(Oc2nc(Oc3ccc(Cl)cc3)nc(Oc3ccc(Cl)cc3)n2)cc1. The summed E-state index contributed by atoms with van der Waals surface area (Å²) >= 11 is 27.8. The molecule has 0 aliphatic carbocycles. The first-order valence-electron chi connectivity index (χ1n) is 10.9. The molecule has 1 aromatic heterocycles. The van der Waals surface area contributed by atoms with Crippen LogP contribution in [0.4, 0.5) is 0 Å². The summed E-state index contributed by atoms with van der Waals surface area (Å²) in [5, 5.41) is 1.74. The minimum Gasteiger partial charge on any atom is -0.424 e. The van der Waals surface area contributed by atoms with Crippen molar-refractivity contribution in [2.24, 2.45) is 0 Å². The van der Waals surface area contributed by atoms with Gasteiger partial charge >= 0.3 is 18.0 Å². The van der Waals surface area contributed by atoms with E-state index in [9.17, 15) is 0 Å². The average molecular weight is 776 g/mol. The van der Waals surface area contributed by atoms with Gasteiger partial charge in [0.15, 0.2) is 0 Å². The van der Waals surface area contributed by atoms with Gasteiger partial charge in [-0.2, -0.15) is 0 Å². The van der Waals surface area contributed by atoms with Crippen molar-refractivity contribution < 1.29 is 14.2 Å². The van der Waals surface area contributed by atoms with Gasteiger partial charge in [0.1, 0.15) is 17.2 Å². The van der Waals surface area contributed by atoms with Crippen molar-refractivity contribution in [1.82, 2.24) is 15.0 Å². The minimum atomic E-state index is -0.0137. The quantitative estimate of drug-likeness (QED) is 0.171. The maximum atomic E-state index is 5.91. The monoisotopic (exact) mass is 771 g/mol. The van der Waals surface area contributed by atoms with Crippen LogP contribution < -0.4 is 14.2 Å². The third kappa shape index (κ3) is 9.94. The molecule has 0 radical (unpaired) electrons. The van der Waals surface area contributed by atoms with Gasteiger partial charge in [0.2, 0.25) is 0 Å². The Bertz CT molecular complexity index is 1330. The zero-order valence-corrected chi connectivity index (χ0v) is 26.5. The highest BCUT2D eigenvalue weighted by molar-refractivity contribution is 9.11. The number of rotatable bonds is 6. The smallest absolute Gasteiger partial charge is 0.331 e. The van der Waals surface area contributed by atoms with Crippen molar-refractivity contribution in [3.63, 3.8) is 0 Å². The van der Waals surface area contributed by atoms with E-state index in [0.29, 0.717) is 32.3 Å². The van der Waals surface area contributed by atoms with Gasteiger partial charge < -0.3 is 14.2 Å². The van der Waals surface area contributed by atoms with E-state index in [1.807, 2.05) is 18.2 Å². The first kappa shape index (κ1) is 29.6. The van der Waals surface area contributed by atoms with Crippen molar-refractivity contribution in [3.05, 3.63) is 119 Å². The van der Waals surface area contributed by atoms with Crippen molar-refractivity contribution >= 4 is 82.6 Å². The van der Waals surface area contributed by atoms with Crippen LogP contribution in [0.25, 0.3) is 0 Å². The van der Waals surface area contributed by atoms with Gasteiger partial charge in [0.05, 0.1) is 0 Å². The van der Waals surface area contributed by atoms with E-state index < -0.39 is 0 Å². The summed E-state index contributed by atoms with van der Waals surface area (Å²) in [7, 11) is 0. The van der Waals surface area contributed by atoms with Gasteiger partial charge in [-0.15, -0.1) is 15.0 Å². The predicted molar refractivity (Wildman–Crippen MR) is 164 cm³/mol. The summed E-state index contributed by atoms with van der Waals surface area (Å²) in [6, 6.07) is 26.2. The van der Waals surface area contributed by atoms with E-state index in [1.165, 1.54) is 0 Å². The Kier molecular flexibility index (Phi) is 10.8. The Labute approximate surface area is 264 Å². The Morgan fingerprint density at radius 3 is 0.872 bits per heavy atom. The second-order valence-electron chi connectivity index (χ2n) is 7.44. The maximum absolute atomic E-state index is 5.91. The molecule has 0 unspecified atom stereocenters. The van der Waals surface area contributed by atoms with Crippen LogP contribution in [0.2, 0.25) is 15.1 Å². The number of aromatic nitrogens is 3. The molecule has 198 valence electrons. The number of halogens is 6. The summed E-state index contributed by atoms with van der Waals surface area (Å²) in [6.07, 6.45) is 0. The van der Waals surface area contributed by atoms with E-state index >= 15 is 0 Å². The van der Waals surface area contributed by atoms with E-state index in [0.717, 1.165) is 13.4 Å². The largest absolute Gasteiger partial charge is 0.424 e. The lowest BCUT2D eigenvalue weighted by molar-refractivity contribution is 0.362. The summed E-state index contributed by atoms with van der Waals surface area (Å²) in [5.74, 6) is 1.46. The van der Waals surface area contributed by atoms with Crippen molar-refractivity contribution in [2.75, 3.05) is 0 Å². The highest BCUT2D eigenvalue weighted by Gasteiger charge is 2.13. The van der Waals surface area contributed by atoms with Crippen molar-refractivity contribution in [3.8, 4) is 35.3 Å². The lowest BCUT2D eigenvalue weighted by Gasteiger charge is -2.10. The van der Waals surface area contributed by atoms with Crippen LogP contribution in [0, 0.1) is 0 Å². The first-order valence-corrected chi connectivity index (χ1v) is 14.4. The lowest BCUT2D eigenvalue weighted by atomic mass is 10.3. The fourth-order valence-corrected chi connectivity index (χ4v) is 5.58. The van der Waals surface area contributed by atoms with Crippen molar-refractivity contribution in [1.29, 1.82) is 0 Å². The summed E-state index contributed by atoms with van der Waals surface area (Å²) in [6.45, 7) is 0. The molecule has 0 amide bonds. The molecule has 0 spiro atoms. The molecule has 0 saturated heterocycles. The molecular formula is C27H15Br3Cl3N3O3. The fourth-order valence-electron chi connectivity index (χ4n) is 2.80. The van der Waals surface area contributed by atoms with Gasteiger partial charge in [0.25, 0.3) is 0 Å². The van der Waals surface area contributed by atoms with Crippen LogP contribution in [0.1, 0.15) is 0 Å². The molecule has 6 nitrogen and oxygen atoms in total. The van der Waals surface area contributed by atoms with Crippen LogP contribution in [-0.4, -0.2) is 15.0 Å². The number of nitrogens with zero attached hydrogens (tertiary/aromatic N) is 3. The molecule has 0 aliphatic heterocycles. The maximum Gasteiger partial charge on any atom is 0.331 e. The zero-order chi connectivity index (χ0) is 27.8. The van der Waals surface area contributed by atoms with Crippen LogP contribution >= 0.6 is 82.6 Å². The fraction of sp³-hybridized carbons (Fsp3) is 0. The van der Waals surface area contributed by atoms with Gasteiger partial charge in [-0.1, -0.05) is 82.6 Å². The number of hydrogen-bond acceptors (Lipinski definition) is 6. The van der Waals surface area contributed by atoms with Gasteiger partial charge in [-0.3, -0.25) is 0 Å². The van der Waals surface area contributed by atoms with Crippen molar-refractivity contribution in [2.45, 2.75) is 0 Å². The Morgan fingerprint density at radius 1 is 0.410 bits per heavy atom. The molecule has 0 aliphatic rings. The Balaban J connectivity index is 0.000000333. The minimum absolute atomic E-state index is 0.0137. The normalized spacial score (nSPS) is 10.3. The number of ether oxygens (including phenoxy) is 3. The molecule has 0 fully saturated rings. The average Bonchev–Trinajstić information content (AvgIpc) is 2.88. The van der Waals surface area contributed by atoms with E-state index in [4.69, 9.17) is 49.0 Å². The van der Waals surface area contributed by atoms with Gasteiger partial charge in [-0.05, 0) is 91.0 Å². The second-order valence-corrected chi connectivity index (χ2v) is 11.5. The van der Waals surface area contributed by atoms with Gasteiger partial charge in [0, 0.05) is 28.5 Å². The standard InChI is InChI=1S/C21H12Cl3N3O3.C6H3Br3/c22-13-1-7-16(8-2-13)28-19-25-20(29-17-9-3-14(23)4-10-17)27-21(26-19)30-18-11-5-15(24)6-12-18;7-4-1-5(8)3-6(9)2-4/h1-12H;1-3H. The molecule has 4 aromatic carbocycles. The van der Waals surface area contributed by atoms with Crippen LogP contribution in [-0.2, 0) is 0 Å². The highest BCUT2D eigenvalue weighted by atomic mass is 79.9. The molecular weight excluding hydrogens is 760 g/mol. The van der Waals surface area contributed by atoms with Crippen LogP contribution in [0.5, 0.6) is 35.3 Å². The topological polar surface area (TPSA) is 66.4 Å². The zero-order valence-electron chi connectivity index (χ0n) is 19.5. The van der Waals surface area contributed by atoms with E-state index in [2.05, 4.69) is 62.7 Å². The molecule has 5 rings (SSSR count). The van der Waals surface area contributed by atoms with Gasteiger partial charge in [-0.25, -0.2) is 0 Å². The third-order valence-electron chi connectivity index (χ3n) is 4.47. The van der Waals surface area contributed by atoms with E-state index in [1.54, 1.807) is 72.8 Å². The molecule has 5 aromatic rings.